The first kappa shape index (κ1) is 14.9. The quantitative estimate of drug-likeness (QED) is 0.917. The highest BCUT2D eigenvalue weighted by molar-refractivity contribution is 5.77. The molecule has 20 heavy (non-hydrogen) atoms. The molecule has 1 aliphatic rings. The van der Waals surface area contributed by atoms with Crippen molar-refractivity contribution in [1.82, 2.24) is 4.90 Å². The summed E-state index contributed by atoms with van der Waals surface area (Å²) in [5, 5.41) is 0. The van der Waals surface area contributed by atoms with Crippen LogP contribution >= 0.6 is 0 Å². The SMILES string of the molecule is CC1CCCN(C(=O)COc2ccc(CN)cc2)CC1. The molecule has 0 aromatic heterocycles. The molecule has 0 radical (unpaired) electrons. The Morgan fingerprint density at radius 1 is 1.30 bits per heavy atom. The lowest BCUT2D eigenvalue weighted by Crippen LogP contribution is -2.35. The van der Waals surface area contributed by atoms with E-state index in [0.717, 1.165) is 43.2 Å². The highest BCUT2D eigenvalue weighted by atomic mass is 16.5. The monoisotopic (exact) mass is 276 g/mol. The molecule has 1 unspecified atom stereocenters. The first-order chi connectivity index (χ1) is 9.69. The van der Waals surface area contributed by atoms with Gasteiger partial charge in [-0.25, -0.2) is 0 Å². The van der Waals surface area contributed by atoms with E-state index in [2.05, 4.69) is 6.92 Å². The van der Waals surface area contributed by atoms with E-state index < -0.39 is 0 Å². The van der Waals surface area contributed by atoms with Crippen molar-refractivity contribution >= 4 is 5.91 Å². The fraction of sp³-hybridized carbons (Fsp3) is 0.562. The van der Waals surface area contributed by atoms with Gasteiger partial charge >= 0.3 is 0 Å². The molecule has 0 saturated carbocycles. The summed E-state index contributed by atoms with van der Waals surface area (Å²) in [6.07, 6.45) is 3.40. The Balaban J connectivity index is 1.81. The lowest BCUT2D eigenvalue weighted by Gasteiger charge is -2.20. The molecule has 1 atom stereocenters. The fourth-order valence-corrected chi connectivity index (χ4v) is 2.47. The molecule has 1 heterocycles. The molecule has 0 spiro atoms. The first-order valence-corrected chi connectivity index (χ1v) is 7.38. The van der Waals surface area contributed by atoms with Gasteiger partial charge < -0.3 is 15.4 Å². The third-order valence-corrected chi connectivity index (χ3v) is 3.89. The summed E-state index contributed by atoms with van der Waals surface area (Å²) in [7, 11) is 0. The van der Waals surface area contributed by atoms with Crippen LogP contribution in [0.25, 0.3) is 0 Å². The predicted octanol–water partition coefficient (Wildman–Crippen LogP) is 2.17. The van der Waals surface area contributed by atoms with E-state index in [1.54, 1.807) is 0 Å². The van der Waals surface area contributed by atoms with Crippen LogP contribution in [0.4, 0.5) is 0 Å². The molecule has 110 valence electrons. The van der Waals surface area contributed by atoms with Gasteiger partial charge in [-0.3, -0.25) is 4.79 Å². The van der Waals surface area contributed by atoms with Crippen molar-refractivity contribution in [2.45, 2.75) is 32.7 Å². The van der Waals surface area contributed by atoms with E-state index >= 15 is 0 Å². The molecule has 2 rings (SSSR count). The summed E-state index contributed by atoms with van der Waals surface area (Å²) in [5.74, 6) is 1.53. The summed E-state index contributed by atoms with van der Waals surface area (Å²) in [6.45, 7) is 4.61. The number of carbonyl (C=O) groups excluding carboxylic acids is 1. The molecular formula is C16H24N2O2. The minimum Gasteiger partial charge on any atom is -0.484 e. The van der Waals surface area contributed by atoms with Gasteiger partial charge in [-0.1, -0.05) is 19.1 Å². The number of amides is 1. The number of nitrogens with two attached hydrogens (primary N) is 1. The van der Waals surface area contributed by atoms with Crippen LogP contribution in [0.2, 0.25) is 0 Å². The lowest BCUT2D eigenvalue weighted by molar-refractivity contribution is -0.133. The van der Waals surface area contributed by atoms with Crippen molar-refractivity contribution in [2.24, 2.45) is 11.7 Å². The molecule has 0 aliphatic carbocycles. The Morgan fingerprint density at radius 2 is 2.05 bits per heavy atom. The second-order valence-corrected chi connectivity index (χ2v) is 5.55. The van der Waals surface area contributed by atoms with Gasteiger partial charge in [0.1, 0.15) is 5.75 Å². The number of benzene rings is 1. The third-order valence-electron chi connectivity index (χ3n) is 3.89. The second kappa shape index (κ2) is 7.29. The van der Waals surface area contributed by atoms with Crippen LogP contribution in [0.1, 0.15) is 31.7 Å². The number of likely N-dealkylation sites (tertiary alicyclic amines) is 1. The topological polar surface area (TPSA) is 55.6 Å². The van der Waals surface area contributed by atoms with E-state index in [0.29, 0.717) is 6.54 Å². The van der Waals surface area contributed by atoms with Gasteiger partial charge in [0, 0.05) is 19.6 Å². The summed E-state index contributed by atoms with van der Waals surface area (Å²) < 4.78 is 5.56. The Bertz CT molecular complexity index is 431. The largest absolute Gasteiger partial charge is 0.484 e. The van der Waals surface area contributed by atoms with Crippen molar-refractivity contribution in [1.29, 1.82) is 0 Å². The Morgan fingerprint density at radius 3 is 2.75 bits per heavy atom. The molecule has 1 amide bonds. The number of hydrogen-bond donors (Lipinski definition) is 1. The maximum atomic E-state index is 12.1. The van der Waals surface area contributed by atoms with Crippen LogP contribution in [0.3, 0.4) is 0 Å². The van der Waals surface area contributed by atoms with Gasteiger partial charge in [0.2, 0.25) is 0 Å². The van der Waals surface area contributed by atoms with Crippen molar-refractivity contribution in [3.8, 4) is 5.75 Å². The molecule has 1 saturated heterocycles. The molecule has 2 N–H and O–H groups in total. The van der Waals surface area contributed by atoms with Crippen LogP contribution in [0, 0.1) is 5.92 Å². The Labute approximate surface area is 120 Å². The maximum absolute atomic E-state index is 12.1. The molecule has 4 nitrogen and oxygen atoms in total. The summed E-state index contributed by atoms with van der Waals surface area (Å²) in [4.78, 5) is 14.1. The highest BCUT2D eigenvalue weighted by Gasteiger charge is 2.18. The molecule has 1 aliphatic heterocycles. The maximum Gasteiger partial charge on any atom is 0.260 e. The summed E-state index contributed by atoms with van der Waals surface area (Å²) in [5.41, 5.74) is 6.60. The van der Waals surface area contributed by atoms with Crippen molar-refractivity contribution < 1.29 is 9.53 Å². The zero-order valence-corrected chi connectivity index (χ0v) is 12.2. The number of ether oxygens (including phenoxy) is 1. The smallest absolute Gasteiger partial charge is 0.260 e. The standard InChI is InChI=1S/C16H24N2O2/c1-13-3-2-9-18(10-8-13)16(19)12-20-15-6-4-14(11-17)5-7-15/h4-7,13H,2-3,8-12,17H2,1H3. The van der Waals surface area contributed by atoms with E-state index in [1.165, 1.54) is 6.42 Å². The van der Waals surface area contributed by atoms with E-state index in [-0.39, 0.29) is 12.5 Å². The van der Waals surface area contributed by atoms with Gasteiger partial charge in [-0.2, -0.15) is 0 Å². The van der Waals surface area contributed by atoms with Gasteiger partial charge in [0.25, 0.3) is 5.91 Å². The van der Waals surface area contributed by atoms with Gasteiger partial charge in [0.15, 0.2) is 6.61 Å². The second-order valence-electron chi connectivity index (χ2n) is 5.55. The van der Waals surface area contributed by atoms with Crippen molar-refractivity contribution in [3.63, 3.8) is 0 Å². The molecule has 4 heteroatoms. The number of carbonyl (C=O) groups is 1. The molecule has 0 bridgehead atoms. The van der Waals surface area contributed by atoms with Gasteiger partial charge in [0.05, 0.1) is 0 Å². The van der Waals surface area contributed by atoms with Crippen LogP contribution < -0.4 is 10.5 Å². The highest BCUT2D eigenvalue weighted by Crippen LogP contribution is 2.17. The van der Waals surface area contributed by atoms with Crippen LogP contribution in [0.15, 0.2) is 24.3 Å². The van der Waals surface area contributed by atoms with E-state index in [1.807, 2.05) is 29.2 Å². The molecule has 1 aromatic rings. The summed E-state index contributed by atoms with van der Waals surface area (Å²) >= 11 is 0. The van der Waals surface area contributed by atoms with Crippen molar-refractivity contribution in [2.75, 3.05) is 19.7 Å². The normalized spacial score (nSPS) is 19.5. The first-order valence-electron chi connectivity index (χ1n) is 7.38. The molecular weight excluding hydrogens is 252 g/mol. The number of rotatable bonds is 4. The number of nitrogens with zero attached hydrogens (tertiary/aromatic N) is 1. The minimum atomic E-state index is 0.0852. The zero-order chi connectivity index (χ0) is 14.4. The average molecular weight is 276 g/mol. The Kier molecular flexibility index (Phi) is 5.41. The van der Waals surface area contributed by atoms with Crippen LogP contribution in [-0.2, 0) is 11.3 Å². The molecule has 1 fully saturated rings. The molecule has 1 aromatic carbocycles. The third kappa shape index (κ3) is 4.23. The number of hydrogen-bond acceptors (Lipinski definition) is 3. The average Bonchev–Trinajstić information content (AvgIpc) is 2.70. The minimum absolute atomic E-state index is 0.0852. The summed E-state index contributed by atoms with van der Waals surface area (Å²) in [6, 6.07) is 7.57. The van der Waals surface area contributed by atoms with E-state index in [4.69, 9.17) is 10.5 Å². The zero-order valence-electron chi connectivity index (χ0n) is 12.2. The fourth-order valence-electron chi connectivity index (χ4n) is 2.47. The van der Waals surface area contributed by atoms with Crippen LogP contribution in [0.5, 0.6) is 5.75 Å². The van der Waals surface area contributed by atoms with E-state index in [9.17, 15) is 4.79 Å². The van der Waals surface area contributed by atoms with Gasteiger partial charge in [-0.15, -0.1) is 0 Å². The predicted molar refractivity (Wildman–Crippen MR) is 79.4 cm³/mol. The van der Waals surface area contributed by atoms with Crippen LogP contribution in [-0.4, -0.2) is 30.5 Å². The van der Waals surface area contributed by atoms with Crippen molar-refractivity contribution in [3.05, 3.63) is 29.8 Å². The lowest BCUT2D eigenvalue weighted by atomic mass is 10.0. The Hall–Kier alpha value is -1.55. The van der Waals surface area contributed by atoms with Gasteiger partial charge in [-0.05, 0) is 42.9 Å².